The number of hydrogen-bond acceptors (Lipinski definition) is 4. The molecule has 1 aliphatic heterocycles. The number of halogens is 1. The van der Waals surface area contributed by atoms with E-state index < -0.39 is 14.7 Å². The molecule has 0 aromatic carbocycles. The van der Waals surface area contributed by atoms with Crippen molar-refractivity contribution in [3.63, 3.8) is 0 Å². The highest BCUT2D eigenvalue weighted by molar-refractivity contribution is 8.13. The van der Waals surface area contributed by atoms with Gasteiger partial charge in [-0.1, -0.05) is 0 Å². The van der Waals surface area contributed by atoms with Gasteiger partial charge in [0.15, 0.2) is 0 Å². The van der Waals surface area contributed by atoms with Crippen LogP contribution in [0.5, 0.6) is 0 Å². The Morgan fingerprint density at radius 1 is 1.44 bits per heavy atom. The summed E-state index contributed by atoms with van der Waals surface area (Å²) >= 11 is 0. The average Bonchev–Trinajstić information content (AvgIpc) is 2.12. The second kappa shape index (κ2) is 5.65. The molecule has 1 heterocycles. The van der Waals surface area contributed by atoms with Gasteiger partial charge in [0.05, 0.1) is 5.75 Å². The number of hydrogen-bond donors (Lipinski definition) is 0. The number of likely N-dealkylation sites (tertiary alicyclic amines) is 1. The number of rotatable bonds is 2. The Balaban J connectivity index is 2.56. The van der Waals surface area contributed by atoms with Crippen LogP contribution < -0.4 is 0 Å². The largest absolute Gasteiger partial charge is 0.444 e. The molecule has 0 aromatic heterocycles. The fourth-order valence-electron chi connectivity index (χ4n) is 1.97. The zero-order valence-corrected chi connectivity index (χ0v) is 12.6. The van der Waals surface area contributed by atoms with Gasteiger partial charge in [-0.2, -0.15) is 0 Å². The number of piperidine rings is 1. The highest BCUT2D eigenvalue weighted by Crippen LogP contribution is 2.21. The smallest absolute Gasteiger partial charge is 0.410 e. The monoisotopic (exact) mass is 297 g/mol. The van der Waals surface area contributed by atoms with Crippen LogP contribution in [-0.2, 0) is 13.8 Å². The van der Waals surface area contributed by atoms with E-state index in [-0.39, 0.29) is 17.8 Å². The van der Waals surface area contributed by atoms with E-state index in [0.29, 0.717) is 13.1 Å². The first-order chi connectivity index (χ1) is 8.07. The lowest BCUT2D eigenvalue weighted by Gasteiger charge is -2.33. The van der Waals surface area contributed by atoms with E-state index in [9.17, 15) is 13.2 Å². The Bertz CT molecular complexity index is 402. The molecule has 0 N–H and O–H groups in total. The van der Waals surface area contributed by atoms with E-state index in [2.05, 4.69) is 0 Å². The highest BCUT2D eigenvalue weighted by atomic mass is 35.7. The van der Waals surface area contributed by atoms with Crippen LogP contribution in [0.2, 0.25) is 0 Å². The molecule has 5 nitrogen and oxygen atoms in total. The maximum atomic E-state index is 11.8. The third-order valence-electron chi connectivity index (χ3n) is 2.61. The normalized spacial score (nSPS) is 21.8. The number of nitrogens with zero attached hydrogens (tertiary/aromatic N) is 1. The van der Waals surface area contributed by atoms with Crippen molar-refractivity contribution in [3.8, 4) is 0 Å². The lowest BCUT2D eigenvalue weighted by molar-refractivity contribution is 0.0176. The molecular weight excluding hydrogens is 278 g/mol. The molecule has 0 aliphatic carbocycles. The number of amides is 1. The third-order valence-corrected chi connectivity index (χ3v) is 3.85. The van der Waals surface area contributed by atoms with Crippen molar-refractivity contribution in [2.45, 2.75) is 39.2 Å². The second-order valence-electron chi connectivity index (χ2n) is 5.64. The summed E-state index contributed by atoms with van der Waals surface area (Å²) in [6.07, 6.45) is 1.15. The Labute approximate surface area is 113 Å². The quantitative estimate of drug-likeness (QED) is 0.733. The summed E-state index contributed by atoms with van der Waals surface area (Å²) in [7, 11) is 1.72. The van der Waals surface area contributed by atoms with Gasteiger partial charge in [-0.15, -0.1) is 0 Å². The van der Waals surface area contributed by atoms with Gasteiger partial charge in [0.1, 0.15) is 5.60 Å². The van der Waals surface area contributed by atoms with Gasteiger partial charge in [0.2, 0.25) is 9.05 Å². The molecule has 1 aliphatic rings. The molecule has 1 rings (SSSR count). The lowest BCUT2D eigenvalue weighted by Crippen LogP contribution is -2.44. The minimum absolute atomic E-state index is 0.0894. The summed E-state index contributed by atoms with van der Waals surface area (Å²) in [6.45, 7) is 6.40. The molecule has 0 radical (unpaired) electrons. The van der Waals surface area contributed by atoms with Crippen LogP contribution in [0, 0.1) is 5.92 Å². The number of carbonyl (C=O) groups excluding carboxylic acids is 1. The topological polar surface area (TPSA) is 63.7 Å². The van der Waals surface area contributed by atoms with Crippen molar-refractivity contribution >= 4 is 25.8 Å². The van der Waals surface area contributed by atoms with Crippen LogP contribution in [-0.4, -0.2) is 43.9 Å². The van der Waals surface area contributed by atoms with E-state index in [1.54, 1.807) is 25.7 Å². The van der Waals surface area contributed by atoms with E-state index >= 15 is 0 Å². The van der Waals surface area contributed by atoms with Crippen LogP contribution >= 0.6 is 10.7 Å². The van der Waals surface area contributed by atoms with Crippen LogP contribution in [0.15, 0.2) is 0 Å². The van der Waals surface area contributed by atoms with Gasteiger partial charge < -0.3 is 9.64 Å². The van der Waals surface area contributed by atoms with Gasteiger partial charge >= 0.3 is 6.09 Å². The average molecular weight is 298 g/mol. The van der Waals surface area contributed by atoms with E-state index in [0.717, 1.165) is 12.8 Å². The first kappa shape index (κ1) is 15.6. The summed E-state index contributed by atoms with van der Waals surface area (Å²) < 4.78 is 27.3. The van der Waals surface area contributed by atoms with Crippen LogP contribution in [0.4, 0.5) is 4.79 Å². The van der Waals surface area contributed by atoms with Crippen molar-refractivity contribution < 1.29 is 17.9 Å². The van der Waals surface area contributed by atoms with Crippen LogP contribution in [0.25, 0.3) is 0 Å². The molecule has 0 bridgehead atoms. The van der Waals surface area contributed by atoms with Gasteiger partial charge in [-0.3, -0.25) is 0 Å². The number of carbonyl (C=O) groups is 1. The minimum atomic E-state index is -3.51. The number of ether oxygens (including phenoxy) is 1. The molecule has 0 aromatic rings. The zero-order chi connectivity index (χ0) is 14.0. The van der Waals surface area contributed by atoms with Crippen LogP contribution in [0.1, 0.15) is 33.6 Å². The predicted octanol–water partition coefficient (Wildman–Crippen LogP) is 2.20. The minimum Gasteiger partial charge on any atom is -0.444 e. The molecule has 106 valence electrons. The standard InChI is InChI=1S/C11H20ClNO4S/c1-11(2,3)17-10(14)13-6-4-5-9(7-13)8-18(12,15)16/h9H,4-8H2,1-3H3. The van der Waals surface area contributed by atoms with E-state index in [4.69, 9.17) is 15.4 Å². The Morgan fingerprint density at radius 2 is 2.06 bits per heavy atom. The lowest BCUT2D eigenvalue weighted by atomic mass is 10.0. The summed E-state index contributed by atoms with van der Waals surface area (Å²) in [4.78, 5) is 13.4. The third kappa shape index (κ3) is 5.91. The Hall–Kier alpha value is -0.490. The van der Waals surface area contributed by atoms with Crippen molar-refractivity contribution in [2.75, 3.05) is 18.8 Å². The first-order valence-corrected chi connectivity index (χ1v) is 8.45. The van der Waals surface area contributed by atoms with Gasteiger partial charge in [0, 0.05) is 23.8 Å². The molecule has 1 unspecified atom stereocenters. The maximum Gasteiger partial charge on any atom is 0.410 e. The fourth-order valence-corrected chi connectivity index (χ4v) is 3.34. The molecule has 1 atom stereocenters. The summed E-state index contributed by atoms with van der Waals surface area (Å²) in [6, 6.07) is 0. The molecule has 1 amide bonds. The summed E-state index contributed by atoms with van der Waals surface area (Å²) in [5.41, 5.74) is -0.539. The molecule has 18 heavy (non-hydrogen) atoms. The maximum absolute atomic E-state index is 11.8. The molecule has 0 spiro atoms. The zero-order valence-electron chi connectivity index (χ0n) is 11.0. The Morgan fingerprint density at radius 3 is 2.56 bits per heavy atom. The first-order valence-electron chi connectivity index (χ1n) is 5.97. The van der Waals surface area contributed by atoms with Crippen molar-refractivity contribution in [1.29, 1.82) is 0 Å². The van der Waals surface area contributed by atoms with Gasteiger partial charge in [0.25, 0.3) is 0 Å². The summed E-state index contributed by atoms with van der Waals surface area (Å²) in [5.74, 6) is -0.192. The summed E-state index contributed by atoms with van der Waals surface area (Å²) in [5, 5.41) is 0. The van der Waals surface area contributed by atoms with Crippen LogP contribution in [0.3, 0.4) is 0 Å². The van der Waals surface area contributed by atoms with Crippen molar-refractivity contribution in [3.05, 3.63) is 0 Å². The molecule has 1 fully saturated rings. The predicted molar refractivity (Wildman–Crippen MR) is 70.2 cm³/mol. The SMILES string of the molecule is CC(C)(C)OC(=O)N1CCCC(CS(=O)(=O)Cl)C1. The second-order valence-corrected chi connectivity index (χ2v) is 8.46. The van der Waals surface area contributed by atoms with Crippen molar-refractivity contribution in [1.82, 2.24) is 4.90 Å². The van der Waals surface area contributed by atoms with E-state index in [1.165, 1.54) is 0 Å². The Kier molecular flexibility index (Phi) is 4.89. The highest BCUT2D eigenvalue weighted by Gasteiger charge is 2.29. The van der Waals surface area contributed by atoms with E-state index in [1.807, 2.05) is 0 Å². The van der Waals surface area contributed by atoms with Gasteiger partial charge in [-0.05, 0) is 39.5 Å². The molecule has 0 saturated carbocycles. The molecule has 1 saturated heterocycles. The van der Waals surface area contributed by atoms with Crippen molar-refractivity contribution in [2.24, 2.45) is 5.92 Å². The van der Waals surface area contributed by atoms with Gasteiger partial charge in [-0.25, -0.2) is 13.2 Å². The molecular formula is C11H20ClNO4S. The molecule has 7 heteroatoms. The fraction of sp³-hybridized carbons (Fsp3) is 0.909.